The number of aliphatic hydroxyl groups is 5. The van der Waals surface area contributed by atoms with Crippen LogP contribution in [0.5, 0.6) is 0 Å². The second-order valence-corrected chi connectivity index (χ2v) is 21.5. The van der Waals surface area contributed by atoms with E-state index in [1.54, 1.807) is 65.3 Å². The largest absolute Gasteiger partial charge is 0.459 e. The third-order valence-electron chi connectivity index (χ3n) is 15.0. The molecule has 17 nitrogen and oxygen atoms in total. The van der Waals surface area contributed by atoms with Crippen molar-refractivity contribution < 1.29 is 63.5 Å². The van der Waals surface area contributed by atoms with Crippen molar-refractivity contribution in [3.8, 4) is 0 Å². The second kappa shape index (κ2) is 24.3. The molecule has 0 radical (unpaired) electrons. The third kappa shape index (κ3) is 13.3. The Bertz CT molecular complexity index is 1730. The molecule has 3 fully saturated rings. The third-order valence-corrected chi connectivity index (χ3v) is 15.0. The molecule has 2 amide bonds. The number of amides is 2. The molecule has 3 aliphatic heterocycles. The van der Waals surface area contributed by atoms with Crippen molar-refractivity contribution in [2.45, 2.75) is 212 Å². The molecule has 18 atom stereocenters. The van der Waals surface area contributed by atoms with Gasteiger partial charge in [-0.2, -0.15) is 0 Å². The molecule has 392 valence electrons. The lowest BCUT2D eigenvalue weighted by atomic mass is 9.75. The van der Waals surface area contributed by atoms with E-state index in [4.69, 9.17) is 28.4 Å². The summed E-state index contributed by atoms with van der Waals surface area (Å²) in [6.07, 6.45) is -8.39. The highest BCUT2D eigenvalue weighted by Crippen LogP contribution is 2.43. The number of carbonyl (C=O) groups excluding carboxylic acids is 2. The van der Waals surface area contributed by atoms with Gasteiger partial charge in [0.1, 0.15) is 35.1 Å². The molecule has 0 aliphatic carbocycles. The number of benzene rings is 1. The summed E-state index contributed by atoms with van der Waals surface area (Å²) < 4.78 is 39.0. The lowest BCUT2D eigenvalue weighted by Gasteiger charge is -2.53. The predicted octanol–water partition coefficient (Wildman–Crippen LogP) is 4.58. The van der Waals surface area contributed by atoms with Crippen LogP contribution >= 0.6 is 0 Å². The summed E-state index contributed by atoms with van der Waals surface area (Å²) in [5.41, 5.74) is -5.54. The molecule has 0 saturated carbocycles. The number of hydrogen-bond acceptors (Lipinski definition) is 15. The van der Waals surface area contributed by atoms with E-state index in [1.807, 2.05) is 65.0 Å². The van der Waals surface area contributed by atoms with E-state index in [2.05, 4.69) is 10.6 Å². The number of urea groups is 1. The average molecular weight is 967 g/mol. The Labute approximate surface area is 406 Å². The fourth-order valence-electron chi connectivity index (χ4n) is 10.7. The van der Waals surface area contributed by atoms with Crippen LogP contribution in [-0.2, 0) is 33.2 Å². The molecule has 1 aromatic carbocycles. The maximum Gasteiger partial charge on any atom is 0.324 e. The van der Waals surface area contributed by atoms with Crippen LogP contribution in [0.2, 0.25) is 0 Å². The Morgan fingerprint density at radius 2 is 1.62 bits per heavy atom. The maximum absolute atomic E-state index is 14.6. The lowest BCUT2D eigenvalue weighted by Crippen LogP contribution is -2.70. The zero-order chi connectivity index (χ0) is 51.1. The Hall–Kier alpha value is -2.52. The van der Waals surface area contributed by atoms with Gasteiger partial charge in [0, 0.05) is 51.3 Å². The first-order valence-corrected chi connectivity index (χ1v) is 25.1. The number of rotatable bonds is 14. The Balaban J connectivity index is 1.83. The van der Waals surface area contributed by atoms with E-state index in [9.17, 15) is 35.1 Å². The smallest absolute Gasteiger partial charge is 0.324 e. The molecule has 3 heterocycles. The molecule has 3 aliphatic rings. The van der Waals surface area contributed by atoms with Gasteiger partial charge in [0.15, 0.2) is 12.6 Å². The zero-order valence-electron chi connectivity index (χ0n) is 43.8. The number of carbonyl (C=O) groups is 2. The van der Waals surface area contributed by atoms with Gasteiger partial charge in [-0.25, -0.2) is 4.79 Å². The van der Waals surface area contributed by atoms with E-state index < -0.39 is 108 Å². The molecule has 17 heteroatoms. The number of aliphatic hydroxyl groups excluding tert-OH is 2. The van der Waals surface area contributed by atoms with E-state index >= 15 is 0 Å². The number of para-hydroxylation sites is 1. The minimum absolute atomic E-state index is 0.0414. The number of nitrogens with one attached hydrogen (secondary N) is 2. The molecule has 0 unspecified atom stereocenters. The molecule has 1 aromatic rings. The predicted molar refractivity (Wildman–Crippen MR) is 260 cm³/mol. The molecule has 0 aromatic heterocycles. The molecule has 68 heavy (non-hydrogen) atoms. The summed E-state index contributed by atoms with van der Waals surface area (Å²) in [7, 11) is 3.22. The van der Waals surface area contributed by atoms with Crippen molar-refractivity contribution in [3.63, 3.8) is 0 Å². The Morgan fingerprint density at radius 1 is 0.971 bits per heavy atom. The van der Waals surface area contributed by atoms with Crippen LogP contribution in [0.25, 0.3) is 0 Å². The number of esters is 1. The fourth-order valence-corrected chi connectivity index (χ4v) is 10.7. The van der Waals surface area contributed by atoms with Gasteiger partial charge in [0.2, 0.25) is 0 Å². The number of ether oxygens (including phenoxy) is 6. The fraction of sp³-hybridized carbons (Fsp3) is 0.843. The first kappa shape index (κ1) is 58.1. The van der Waals surface area contributed by atoms with Gasteiger partial charge in [0.25, 0.3) is 0 Å². The zero-order valence-corrected chi connectivity index (χ0v) is 43.8. The topological polar surface area (TPSA) is 221 Å². The quantitative estimate of drug-likeness (QED) is 0.100. The van der Waals surface area contributed by atoms with E-state index in [0.717, 1.165) is 6.42 Å². The maximum atomic E-state index is 14.6. The summed E-state index contributed by atoms with van der Waals surface area (Å²) in [5, 5.41) is 67.4. The van der Waals surface area contributed by atoms with Crippen molar-refractivity contribution in [3.05, 3.63) is 30.3 Å². The van der Waals surface area contributed by atoms with Crippen molar-refractivity contribution in [2.24, 2.45) is 23.7 Å². The van der Waals surface area contributed by atoms with E-state index in [1.165, 1.54) is 14.0 Å². The van der Waals surface area contributed by atoms with Gasteiger partial charge in [-0.05, 0) is 111 Å². The summed E-state index contributed by atoms with van der Waals surface area (Å²) in [6, 6.07) is 7.58. The monoisotopic (exact) mass is 967 g/mol. The van der Waals surface area contributed by atoms with Crippen LogP contribution in [0.1, 0.15) is 122 Å². The van der Waals surface area contributed by atoms with Crippen molar-refractivity contribution >= 4 is 17.7 Å². The highest BCUT2D eigenvalue weighted by molar-refractivity contribution is 5.91. The van der Waals surface area contributed by atoms with Gasteiger partial charge in [-0.15, -0.1) is 0 Å². The van der Waals surface area contributed by atoms with Gasteiger partial charge >= 0.3 is 12.0 Å². The molecule has 7 N–H and O–H groups in total. The molecule has 0 bridgehead atoms. The highest BCUT2D eigenvalue weighted by Gasteiger charge is 2.58. The van der Waals surface area contributed by atoms with Crippen LogP contribution < -0.4 is 15.5 Å². The van der Waals surface area contributed by atoms with Crippen LogP contribution in [-0.4, -0.2) is 173 Å². The first-order chi connectivity index (χ1) is 31.7. The number of hydrogen-bond donors (Lipinski definition) is 7. The average Bonchev–Trinajstić information content (AvgIpc) is 3.28. The number of methoxy groups -OCH3 is 1. The van der Waals surface area contributed by atoms with E-state index in [-0.39, 0.29) is 43.7 Å². The SMILES string of the molecule is CCCNC[C@]1(O)[C@H](C)O[C@@H](O[C@H]2[C@H](C)[C@@H](O[C@@H]3O[C@H](C)C[C@H](N(CC(C)C)C(=O)N(C)c4ccccc4)[C@H]3O)[C@](C)(O)C[C@@H](C)CN[C@H](C)[C@@H](O)[C@](C)(O)[C@@H](CC)OC(=O)[C@@H]2C)C[C@@]1(C)OC. The second-order valence-electron chi connectivity index (χ2n) is 21.5. The minimum atomic E-state index is -1.86. The van der Waals surface area contributed by atoms with Crippen LogP contribution in [0.3, 0.4) is 0 Å². The van der Waals surface area contributed by atoms with Crippen LogP contribution in [0.15, 0.2) is 30.3 Å². The number of anilines is 1. The van der Waals surface area contributed by atoms with Crippen molar-refractivity contribution in [2.75, 3.05) is 45.2 Å². The normalized spacial score (nSPS) is 41.3. The molecule has 3 saturated heterocycles. The lowest BCUT2D eigenvalue weighted by molar-refractivity contribution is -0.336. The summed E-state index contributed by atoms with van der Waals surface area (Å²) in [4.78, 5) is 32.2. The van der Waals surface area contributed by atoms with Crippen LogP contribution in [0.4, 0.5) is 10.5 Å². The molecular weight excluding hydrogens is 877 g/mol. The van der Waals surface area contributed by atoms with Crippen molar-refractivity contribution in [1.82, 2.24) is 15.5 Å². The highest BCUT2D eigenvalue weighted by atomic mass is 16.7. The number of nitrogens with zero attached hydrogens (tertiary/aromatic N) is 2. The van der Waals surface area contributed by atoms with Gasteiger partial charge in [-0.3, -0.25) is 9.69 Å². The number of cyclic esters (lactones) is 1. The summed E-state index contributed by atoms with van der Waals surface area (Å²) >= 11 is 0. The van der Waals surface area contributed by atoms with Crippen LogP contribution in [0, 0.1) is 23.7 Å². The minimum Gasteiger partial charge on any atom is -0.459 e. The summed E-state index contributed by atoms with van der Waals surface area (Å²) in [6.45, 7) is 24.9. The van der Waals surface area contributed by atoms with Crippen molar-refractivity contribution in [1.29, 1.82) is 0 Å². The van der Waals surface area contributed by atoms with Gasteiger partial charge < -0.3 is 69.5 Å². The Kier molecular flexibility index (Phi) is 20.7. The van der Waals surface area contributed by atoms with Gasteiger partial charge in [0.05, 0.1) is 42.0 Å². The molecule has 0 spiro atoms. The first-order valence-electron chi connectivity index (χ1n) is 25.1. The van der Waals surface area contributed by atoms with E-state index in [0.29, 0.717) is 31.7 Å². The standard InChI is InChI=1S/C51H90N4O13/c1-16-23-52-29-51(62)36(10)65-40(26-49(51,12)63-15)67-42-33(7)44(48(11,60)25-31(5)27-53-35(9)43(57)50(13,61)39(17-2)66-45(58)34(42)8)68-46-41(56)38(24-32(6)64-46)55(28-30(3)4)47(59)54(14)37-21-19-18-20-22-37/h18-22,30-36,38-44,46,52-53,56-57,60-62H,16-17,23-29H2,1-15H3/t31-,32-,33+,34-,35-,36+,38+,39-,40+,41-,42+,43-,44-,46+,48-,49-,50-,51+/m1/s1. The Morgan fingerprint density at radius 3 is 2.21 bits per heavy atom. The summed E-state index contributed by atoms with van der Waals surface area (Å²) in [5.74, 6) is -2.94. The van der Waals surface area contributed by atoms with Gasteiger partial charge in [-0.1, -0.05) is 59.7 Å². The molecule has 4 rings (SSSR count). The molecular formula is C51H90N4O13.